The molecule has 96 valence electrons. The molecular formula is C13H17N3O2. The molecule has 0 N–H and O–H groups in total. The molecule has 5 nitrogen and oxygen atoms in total. The van der Waals surface area contributed by atoms with Crippen LogP contribution in [0, 0.1) is 0 Å². The molecule has 1 saturated heterocycles. The Morgan fingerprint density at radius 2 is 2.11 bits per heavy atom. The zero-order valence-electron chi connectivity index (χ0n) is 10.5. The number of methoxy groups -OCH3 is 1. The van der Waals surface area contributed by atoms with Gasteiger partial charge in [-0.1, -0.05) is 6.07 Å². The van der Waals surface area contributed by atoms with E-state index in [9.17, 15) is 4.79 Å². The van der Waals surface area contributed by atoms with Crippen molar-refractivity contribution in [2.75, 3.05) is 38.2 Å². The second-order valence-corrected chi connectivity index (χ2v) is 4.05. The molecule has 1 aromatic heterocycles. The molecule has 0 aliphatic carbocycles. The summed E-state index contributed by atoms with van der Waals surface area (Å²) in [6.45, 7) is 3.57. The summed E-state index contributed by atoms with van der Waals surface area (Å²) in [5.74, 6) is 0.691. The number of hydrogen-bond donors (Lipinski definition) is 0. The number of ether oxygens (including phenoxy) is 1. The van der Waals surface area contributed by atoms with Gasteiger partial charge in [0.25, 0.3) is 0 Å². The van der Waals surface area contributed by atoms with Crippen LogP contribution in [0.4, 0.5) is 5.82 Å². The van der Waals surface area contributed by atoms with E-state index in [2.05, 4.69) is 19.5 Å². The molecule has 0 radical (unpaired) electrons. The molecular weight excluding hydrogens is 230 g/mol. The molecule has 1 aliphatic heterocycles. The van der Waals surface area contributed by atoms with Gasteiger partial charge in [-0.05, 0) is 12.1 Å². The molecule has 1 aromatic rings. The van der Waals surface area contributed by atoms with Gasteiger partial charge in [0.2, 0.25) is 0 Å². The molecule has 1 fully saturated rings. The predicted octanol–water partition coefficient (Wildman–Crippen LogP) is 0.890. The first-order valence-electron chi connectivity index (χ1n) is 5.96. The highest BCUT2D eigenvalue weighted by atomic mass is 16.5. The zero-order valence-corrected chi connectivity index (χ0v) is 10.5. The predicted molar refractivity (Wildman–Crippen MR) is 69.2 cm³/mol. The van der Waals surface area contributed by atoms with E-state index < -0.39 is 0 Å². The summed E-state index contributed by atoms with van der Waals surface area (Å²) in [6.07, 6.45) is 5.05. The molecule has 2 rings (SSSR count). The highest BCUT2D eigenvalue weighted by Crippen LogP contribution is 2.12. The Balaban J connectivity index is 1.85. The highest BCUT2D eigenvalue weighted by Gasteiger charge is 2.15. The Morgan fingerprint density at radius 3 is 2.72 bits per heavy atom. The Bertz CT molecular complexity index is 412. The quantitative estimate of drug-likeness (QED) is 0.586. The van der Waals surface area contributed by atoms with Gasteiger partial charge in [0.05, 0.1) is 7.11 Å². The third kappa shape index (κ3) is 3.23. The van der Waals surface area contributed by atoms with E-state index in [0.717, 1.165) is 32.0 Å². The summed E-state index contributed by atoms with van der Waals surface area (Å²) in [6, 6.07) is 5.92. The number of rotatable bonds is 3. The molecule has 0 saturated carbocycles. The van der Waals surface area contributed by atoms with Crippen molar-refractivity contribution >= 4 is 11.8 Å². The fourth-order valence-corrected chi connectivity index (χ4v) is 1.88. The number of pyridine rings is 1. The van der Waals surface area contributed by atoms with Gasteiger partial charge in [-0.25, -0.2) is 9.78 Å². The summed E-state index contributed by atoms with van der Waals surface area (Å²) in [5, 5.41) is 0. The third-order valence-corrected chi connectivity index (χ3v) is 2.91. The lowest BCUT2D eigenvalue weighted by atomic mass is 10.3. The number of esters is 1. The number of carbonyl (C=O) groups is 1. The summed E-state index contributed by atoms with van der Waals surface area (Å²) in [5.41, 5.74) is 0. The van der Waals surface area contributed by atoms with Crippen LogP contribution >= 0.6 is 0 Å². The van der Waals surface area contributed by atoms with Crippen LogP contribution in [0.2, 0.25) is 0 Å². The van der Waals surface area contributed by atoms with Crippen molar-refractivity contribution in [2.45, 2.75) is 0 Å². The van der Waals surface area contributed by atoms with Crippen LogP contribution in [0.15, 0.2) is 36.7 Å². The number of carbonyl (C=O) groups excluding carboxylic acids is 1. The first kappa shape index (κ1) is 12.4. The van der Waals surface area contributed by atoms with Gasteiger partial charge in [-0.2, -0.15) is 0 Å². The van der Waals surface area contributed by atoms with E-state index in [1.165, 1.54) is 13.2 Å². The summed E-state index contributed by atoms with van der Waals surface area (Å²) in [7, 11) is 1.38. The summed E-state index contributed by atoms with van der Waals surface area (Å²) < 4.78 is 4.56. The van der Waals surface area contributed by atoms with Crippen molar-refractivity contribution in [1.82, 2.24) is 9.88 Å². The fourth-order valence-electron chi connectivity index (χ4n) is 1.88. The van der Waals surface area contributed by atoms with Crippen LogP contribution < -0.4 is 4.90 Å². The minimum atomic E-state index is -0.317. The van der Waals surface area contributed by atoms with Gasteiger partial charge in [0, 0.05) is 44.7 Å². The van der Waals surface area contributed by atoms with Gasteiger partial charge in [-0.15, -0.1) is 0 Å². The normalized spacial score (nSPS) is 16.1. The Morgan fingerprint density at radius 1 is 1.33 bits per heavy atom. The Hall–Kier alpha value is -2.04. The first-order chi connectivity index (χ1) is 8.79. The number of hydrogen-bond acceptors (Lipinski definition) is 5. The molecule has 0 aromatic carbocycles. The Kier molecular flexibility index (Phi) is 4.17. The fraction of sp³-hybridized carbons (Fsp3) is 0.385. The lowest BCUT2D eigenvalue weighted by Gasteiger charge is -2.34. The van der Waals surface area contributed by atoms with Crippen LogP contribution in [-0.4, -0.2) is 49.1 Å². The van der Waals surface area contributed by atoms with Crippen molar-refractivity contribution in [1.29, 1.82) is 0 Å². The van der Waals surface area contributed by atoms with Crippen molar-refractivity contribution in [3.8, 4) is 0 Å². The van der Waals surface area contributed by atoms with Crippen molar-refractivity contribution in [2.24, 2.45) is 0 Å². The topological polar surface area (TPSA) is 45.7 Å². The zero-order chi connectivity index (χ0) is 12.8. The van der Waals surface area contributed by atoms with Gasteiger partial charge in [0.1, 0.15) is 5.82 Å². The highest BCUT2D eigenvalue weighted by molar-refractivity contribution is 5.81. The molecule has 5 heteroatoms. The molecule has 0 bridgehead atoms. The molecule has 0 unspecified atom stereocenters. The van der Waals surface area contributed by atoms with Crippen molar-refractivity contribution < 1.29 is 9.53 Å². The number of anilines is 1. The van der Waals surface area contributed by atoms with Gasteiger partial charge in [0.15, 0.2) is 0 Å². The molecule has 0 amide bonds. The number of piperazine rings is 1. The second kappa shape index (κ2) is 6.05. The molecule has 0 atom stereocenters. The largest absolute Gasteiger partial charge is 0.466 e. The van der Waals surface area contributed by atoms with Crippen molar-refractivity contribution in [3.05, 3.63) is 36.7 Å². The lowest BCUT2D eigenvalue weighted by Crippen LogP contribution is -2.44. The average molecular weight is 247 g/mol. The maximum absolute atomic E-state index is 11.0. The summed E-state index contributed by atoms with van der Waals surface area (Å²) >= 11 is 0. The number of nitrogens with zero attached hydrogens (tertiary/aromatic N) is 3. The second-order valence-electron chi connectivity index (χ2n) is 4.05. The monoisotopic (exact) mass is 247 g/mol. The van der Waals surface area contributed by atoms with Crippen LogP contribution in [0.5, 0.6) is 0 Å². The van der Waals surface area contributed by atoms with Gasteiger partial charge < -0.3 is 14.5 Å². The van der Waals surface area contributed by atoms with E-state index in [0.29, 0.717) is 0 Å². The molecule has 2 heterocycles. The standard InChI is InChI=1S/C13H17N3O2/c1-18-13(17)5-7-15-8-10-16(11-9-15)12-4-2-3-6-14-12/h2-7H,8-11H2,1H3. The van der Waals surface area contributed by atoms with E-state index >= 15 is 0 Å². The third-order valence-electron chi connectivity index (χ3n) is 2.91. The average Bonchev–Trinajstić information content (AvgIpc) is 2.46. The molecule has 1 aliphatic rings. The van der Waals surface area contributed by atoms with Crippen LogP contribution in [0.1, 0.15) is 0 Å². The minimum Gasteiger partial charge on any atom is -0.466 e. The van der Waals surface area contributed by atoms with Gasteiger partial charge >= 0.3 is 5.97 Å². The maximum Gasteiger partial charge on any atom is 0.331 e. The van der Waals surface area contributed by atoms with E-state index in [4.69, 9.17) is 0 Å². The summed E-state index contributed by atoms with van der Waals surface area (Å²) in [4.78, 5) is 19.7. The SMILES string of the molecule is COC(=O)C=CN1CCN(c2ccccn2)CC1. The van der Waals surface area contributed by atoms with Crippen molar-refractivity contribution in [3.63, 3.8) is 0 Å². The van der Waals surface area contributed by atoms with Crippen LogP contribution in [0.25, 0.3) is 0 Å². The van der Waals surface area contributed by atoms with E-state index in [1.807, 2.05) is 18.2 Å². The first-order valence-corrected chi connectivity index (χ1v) is 5.96. The maximum atomic E-state index is 11.0. The lowest BCUT2D eigenvalue weighted by molar-refractivity contribution is -0.134. The molecule has 0 spiro atoms. The van der Waals surface area contributed by atoms with Gasteiger partial charge in [-0.3, -0.25) is 0 Å². The van der Waals surface area contributed by atoms with E-state index in [1.54, 1.807) is 12.4 Å². The van der Waals surface area contributed by atoms with Crippen LogP contribution in [0.3, 0.4) is 0 Å². The van der Waals surface area contributed by atoms with E-state index in [-0.39, 0.29) is 5.97 Å². The number of aromatic nitrogens is 1. The minimum absolute atomic E-state index is 0.317. The Labute approximate surface area is 107 Å². The smallest absolute Gasteiger partial charge is 0.331 e. The van der Waals surface area contributed by atoms with Crippen LogP contribution in [-0.2, 0) is 9.53 Å². The molecule has 18 heavy (non-hydrogen) atoms.